The highest BCUT2D eigenvalue weighted by molar-refractivity contribution is 8.04. The number of aromatic nitrogens is 2. The van der Waals surface area contributed by atoms with E-state index in [1.54, 1.807) is 6.20 Å². The van der Waals surface area contributed by atoms with Crippen LogP contribution in [0, 0.1) is 5.92 Å². The molecule has 3 aromatic rings. The number of hydrogen-bond donors (Lipinski definition) is 2. The normalized spacial score (nSPS) is 15.6. The lowest BCUT2D eigenvalue weighted by Gasteiger charge is -2.31. The number of amides is 2. The number of nitrogens with one attached hydrogen (secondary N) is 2. The molecule has 34 heavy (non-hydrogen) atoms. The Kier molecular flexibility index (Phi) is 9.02. The smallest absolute Gasteiger partial charge is 0.258 e. The van der Waals surface area contributed by atoms with Crippen LogP contribution in [0.1, 0.15) is 18.5 Å². The zero-order valence-corrected chi connectivity index (χ0v) is 20.9. The molecule has 2 amide bonds. The molecule has 0 bridgehead atoms. The second kappa shape index (κ2) is 11.8. The van der Waals surface area contributed by atoms with Crippen LogP contribution < -0.4 is 10.6 Å². The Hall–Kier alpha value is -2.52. The van der Waals surface area contributed by atoms with Gasteiger partial charge in [-0.25, -0.2) is 4.98 Å². The van der Waals surface area contributed by atoms with Gasteiger partial charge < -0.3 is 10.6 Å². The number of anilines is 1. The number of rotatable bonds is 6. The lowest BCUT2D eigenvalue weighted by molar-refractivity contribution is -0.117. The zero-order valence-electron chi connectivity index (χ0n) is 18.5. The summed E-state index contributed by atoms with van der Waals surface area (Å²) in [6.45, 7) is 2.78. The van der Waals surface area contributed by atoms with Gasteiger partial charge >= 0.3 is 0 Å². The van der Waals surface area contributed by atoms with Gasteiger partial charge in [0.1, 0.15) is 5.65 Å². The summed E-state index contributed by atoms with van der Waals surface area (Å²) in [5.74, 6) is 0.401. The van der Waals surface area contributed by atoms with Gasteiger partial charge in [0, 0.05) is 12.2 Å². The topological polar surface area (TPSA) is 78.7 Å². The number of carbonyl (C=O) groups excluding carboxylic acids is 2. The molecule has 1 fully saturated rings. The molecule has 10 heteroatoms. The Balaban J connectivity index is 0.00000162. The molecule has 1 aromatic carbocycles. The number of thioether (sulfide) groups is 1. The van der Waals surface area contributed by atoms with Gasteiger partial charge in [-0.2, -0.15) is 0 Å². The third-order valence-electron chi connectivity index (χ3n) is 5.92. The Morgan fingerprint density at radius 3 is 2.56 bits per heavy atom. The van der Waals surface area contributed by atoms with Crippen molar-refractivity contribution in [2.24, 2.45) is 5.92 Å². The minimum atomic E-state index is -0.0379. The van der Waals surface area contributed by atoms with E-state index >= 15 is 0 Å². The molecule has 0 aliphatic carbocycles. The van der Waals surface area contributed by atoms with Crippen molar-refractivity contribution in [3.8, 4) is 0 Å². The number of nitrogens with zero attached hydrogens (tertiary/aromatic N) is 3. The molecule has 0 atom stereocenters. The lowest BCUT2D eigenvalue weighted by atomic mass is 9.97. The van der Waals surface area contributed by atoms with Gasteiger partial charge in [-0.15, -0.1) is 24.8 Å². The lowest BCUT2D eigenvalue weighted by Crippen LogP contribution is -2.42. The van der Waals surface area contributed by atoms with Gasteiger partial charge in [0.25, 0.3) is 5.91 Å². The largest absolute Gasteiger partial charge is 0.351 e. The molecular weight excluding hydrogens is 493 g/mol. The first kappa shape index (κ1) is 26.1. The maximum atomic E-state index is 12.8. The number of pyridine rings is 1. The fourth-order valence-electron chi connectivity index (χ4n) is 4.20. The molecule has 180 valence electrons. The third kappa shape index (κ3) is 5.93. The summed E-state index contributed by atoms with van der Waals surface area (Å²) in [7, 11) is 0. The number of carbonyl (C=O) groups is 2. The van der Waals surface area contributed by atoms with Gasteiger partial charge in [0.2, 0.25) is 5.91 Å². The van der Waals surface area contributed by atoms with Crippen molar-refractivity contribution in [3.05, 3.63) is 65.3 Å². The van der Waals surface area contributed by atoms with E-state index < -0.39 is 0 Å². The highest BCUT2D eigenvalue weighted by atomic mass is 35.5. The molecule has 2 N–H and O–H groups in total. The maximum Gasteiger partial charge on any atom is 0.258 e. The molecule has 0 radical (unpaired) electrons. The van der Waals surface area contributed by atoms with Crippen LogP contribution in [0.4, 0.5) is 5.69 Å². The second-order valence-electron chi connectivity index (χ2n) is 8.20. The van der Waals surface area contributed by atoms with Gasteiger partial charge in [-0.1, -0.05) is 36.0 Å². The van der Waals surface area contributed by atoms with Gasteiger partial charge in [0.15, 0.2) is 0 Å². The molecule has 0 saturated carbocycles. The number of piperidine rings is 1. The fraction of sp³-hybridized carbons (Fsp3) is 0.292. The summed E-state index contributed by atoms with van der Waals surface area (Å²) in [6.07, 6.45) is 5.64. The Morgan fingerprint density at radius 1 is 1.03 bits per heavy atom. The summed E-state index contributed by atoms with van der Waals surface area (Å²) in [5, 5.41) is 7.05. The van der Waals surface area contributed by atoms with Crippen LogP contribution >= 0.6 is 36.6 Å². The second-order valence-corrected chi connectivity index (χ2v) is 9.26. The molecule has 2 aliphatic rings. The molecule has 2 aliphatic heterocycles. The van der Waals surface area contributed by atoms with Crippen molar-refractivity contribution in [2.45, 2.75) is 17.9 Å². The third-order valence-corrected chi connectivity index (χ3v) is 6.97. The number of imidazole rings is 1. The SMILES string of the molecule is Cl.Cl.O=C(CN1CCC(CNC(=O)C2=Cc3cnc4cccc(n34)S2)CC1)Nc1ccccc1. The van der Waals surface area contributed by atoms with Crippen LogP contribution in [0.2, 0.25) is 0 Å². The number of benzene rings is 1. The predicted octanol–water partition coefficient (Wildman–Crippen LogP) is 4.09. The number of hydrogen-bond acceptors (Lipinski definition) is 5. The molecule has 2 aromatic heterocycles. The van der Waals surface area contributed by atoms with Gasteiger partial charge in [-0.3, -0.25) is 18.9 Å². The van der Waals surface area contributed by atoms with Crippen LogP contribution in [0.15, 0.2) is 64.7 Å². The Bertz CT molecular complexity index is 1180. The first-order valence-corrected chi connectivity index (χ1v) is 11.7. The van der Waals surface area contributed by atoms with E-state index in [0.29, 0.717) is 23.9 Å². The summed E-state index contributed by atoms with van der Waals surface area (Å²) in [4.78, 5) is 32.3. The monoisotopic (exact) mass is 519 g/mol. The van der Waals surface area contributed by atoms with Crippen LogP contribution in [-0.2, 0) is 9.59 Å². The van der Waals surface area contributed by atoms with E-state index in [9.17, 15) is 9.59 Å². The van der Waals surface area contributed by atoms with E-state index in [-0.39, 0.29) is 36.6 Å². The summed E-state index contributed by atoms with van der Waals surface area (Å²) < 4.78 is 2.06. The highest BCUT2D eigenvalue weighted by Crippen LogP contribution is 2.34. The minimum Gasteiger partial charge on any atom is -0.351 e. The van der Waals surface area contributed by atoms with E-state index in [0.717, 1.165) is 48.0 Å². The van der Waals surface area contributed by atoms with Gasteiger partial charge in [0.05, 0.1) is 28.4 Å². The van der Waals surface area contributed by atoms with Crippen LogP contribution in [0.25, 0.3) is 11.7 Å². The van der Waals surface area contributed by atoms with E-state index in [2.05, 4.69) is 24.9 Å². The summed E-state index contributed by atoms with van der Waals surface area (Å²) >= 11 is 1.48. The van der Waals surface area contributed by atoms with Crippen molar-refractivity contribution in [2.75, 3.05) is 31.5 Å². The van der Waals surface area contributed by atoms with Crippen molar-refractivity contribution >= 4 is 65.8 Å². The van der Waals surface area contributed by atoms with Gasteiger partial charge in [-0.05, 0) is 62.2 Å². The molecular formula is C24H27Cl2N5O2S. The standard InChI is InChI=1S/C24H25N5O2S.2ClH/c30-22(27-18-5-2-1-3-6-18)16-28-11-9-17(10-12-28)14-26-24(31)20-13-19-15-25-21-7-4-8-23(32-20)29(19)21;;/h1-8,13,15,17H,9-12,14,16H2,(H,26,31)(H,27,30);2*1H. The molecule has 5 rings (SSSR count). The molecule has 0 spiro atoms. The van der Waals surface area contributed by atoms with Crippen LogP contribution in [0.3, 0.4) is 0 Å². The summed E-state index contributed by atoms with van der Waals surface area (Å²) in [6, 6.07) is 15.5. The first-order valence-electron chi connectivity index (χ1n) is 10.9. The number of likely N-dealkylation sites (tertiary alicyclic amines) is 1. The minimum absolute atomic E-state index is 0. The quantitative estimate of drug-likeness (QED) is 0.512. The maximum absolute atomic E-state index is 12.8. The van der Waals surface area contributed by atoms with E-state index in [1.807, 2.05) is 54.6 Å². The summed E-state index contributed by atoms with van der Waals surface area (Å²) in [5.41, 5.74) is 2.65. The van der Waals surface area contributed by atoms with Crippen molar-refractivity contribution < 1.29 is 9.59 Å². The van der Waals surface area contributed by atoms with E-state index in [1.165, 1.54) is 11.8 Å². The Morgan fingerprint density at radius 2 is 1.79 bits per heavy atom. The fourth-order valence-corrected chi connectivity index (χ4v) is 5.20. The zero-order chi connectivity index (χ0) is 21.9. The molecule has 0 unspecified atom stereocenters. The highest BCUT2D eigenvalue weighted by Gasteiger charge is 2.23. The number of para-hydroxylation sites is 1. The first-order chi connectivity index (χ1) is 15.7. The van der Waals surface area contributed by atoms with Crippen LogP contribution in [0.5, 0.6) is 0 Å². The average molecular weight is 520 g/mol. The average Bonchev–Trinajstić information content (AvgIpc) is 3.23. The van der Waals surface area contributed by atoms with Crippen molar-refractivity contribution in [3.63, 3.8) is 0 Å². The number of halogens is 2. The van der Waals surface area contributed by atoms with Crippen LogP contribution in [-0.4, -0.2) is 52.3 Å². The van der Waals surface area contributed by atoms with Crippen molar-refractivity contribution in [1.82, 2.24) is 19.6 Å². The van der Waals surface area contributed by atoms with E-state index in [4.69, 9.17) is 0 Å². The molecule has 1 saturated heterocycles. The van der Waals surface area contributed by atoms with Crippen molar-refractivity contribution in [1.29, 1.82) is 0 Å². The molecule has 4 heterocycles. The molecule has 7 nitrogen and oxygen atoms in total. The predicted molar refractivity (Wildman–Crippen MR) is 141 cm³/mol. The Labute approximate surface area is 215 Å².